The normalized spacial score (nSPS) is 12.3. The third kappa shape index (κ3) is 4.38. The molecule has 0 heterocycles. The van der Waals surface area contributed by atoms with Crippen LogP contribution in [-0.2, 0) is 4.79 Å². The minimum atomic E-state index is -0.340. The summed E-state index contributed by atoms with van der Waals surface area (Å²) in [7, 11) is 0. The van der Waals surface area contributed by atoms with Crippen molar-refractivity contribution in [3.8, 4) is 0 Å². The van der Waals surface area contributed by atoms with E-state index in [1.807, 2.05) is 6.92 Å². The van der Waals surface area contributed by atoms with E-state index in [9.17, 15) is 9.18 Å². The van der Waals surface area contributed by atoms with E-state index in [1.165, 1.54) is 6.07 Å². The summed E-state index contributed by atoms with van der Waals surface area (Å²) in [6.07, 6.45) is 2.05. The Morgan fingerprint density at radius 1 is 1.56 bits per heavy atom. The predicted octanol–water partition coefficient (Wildman–Crippen LogP) is 3.35. The third-order valence-electron chi connectivity index (χ3n) is 2.65. The zero-order valence-electron chi connectivity index (χ0n) is 10.6. The molecule has 3 nitrogen and oxygen atoms in total. The maximum atomic E-state index is 13.2. The highest BCUT2D eigenvalue weighted by molar-refractivity contribution is 9.10. The number of hydrogen-bond acceptors (Lipinski definition) is 2. The maximum Gasteiger partial charge on any atom is 0.225 e. The minimum absolute atomic E-state index is 0.126. The molecular weight excluding hydrogens is 299 g/mol. The number of aryl methyl sites for hydroxylation is 1. The maximum absolute atomic E-state index is 13.2. The van der Waals surface area contributed by atoms with Gasteiger partial charge in [-0.05, 0) is 47.0 Å². The molecule has 5 heteroatoms. The van der Waals surface area contributed by atoms with Crippen LogP contribution >= 0.6 is 15.9 Å². The van der Waals surface area contributed by atoms with Gasteiger partial charge in [-0.1, -0.05) is 13.3 Å². The van der Waals surface area contributed by atoms with E-state index < -0.39 is 0 Å². The predicted molar refractivity (Wildman–Crippen MR) is 75.0 cm³/mol. The number of amides is 1. The van der Waals surface area contributed by atoms with Gasteiger partial charge >= 0.3 is 0 Å². The van der Waals surface area contributed by atoms with Crippen molar-refractivity contribution in [3.05, 3.63) is 28.0 Å². The average Bonchev–Trinajstić information content (AvgIpc) is 2.26. The molecule has 1 atom stereocenters. The summed E-state index contributed by atoms with van der Waals surface area (Å²) in [5.41, 5.74) is 7.10. The fourth-order valence-corrected chi connectivity index (χ4v) is 2.04. The van der Waals surface area contributed by atoms with Gasteiger partial charge in [0.2, 0.25) is 5.91 Å². The number of carbonyl (C=O) groups is 1. The van der Waals surface area contributed by atoms with Gasteiger partial charge in [0.1, 0.15) is 5.82 Å². The quantitative estimate of drug-likeness (QED) is 0.875. The Labute approximate surface area is 115 Å². The smallest absolute Gasteiger partial charge is 0.225 e. The first-order valence-electron chi connectivity index (χ1n) is 5.95. The van der Waals surface area contributed by atoms with Crippen LogP contribution in [0.2, 0.25) is 0 Å². The van der Waals surface area contributed by atoms with Crippen LogP contribution in [0.5, 0.6) is 0 Å². The van der Waals surface area contributed by atoms with Crippen LogP contribution in [0.4, 0.5) is 10.1 Å². The SMILES string of the molecule is CCCC(N)CC(=O)Nc1cc(Br)c(F)cc1C. The molecule has 0 fully saturated rings. The number of halogens is 2. The number of nitrogens with two attached hydrogens (primary N) is 1. The molecule has 0 spiro atoms. The van der Waals surface area contributed by atoms with Crippen molar-refractivity contribution in [2.45, 2.75) is 39.2 Å². The minimum Gasteiger partial charge on any atom is -0.327 e. The van der Waals surface area contributed by atoms with Gasteiger partial charge in [0, 0.05) is 18.2 Å². The first kappa shape index (κ1) is 15.1. The lowest BCUT2D eigenvalue weighted by molar-refractivity contribution is -0.116. The summed E-state index contributed by atoms with van der Waals surface area (Å²) in [5, 5.41) is 2.75. The van der Waals surface area contributed by atoms with Crippen LogP contribution in [0.25, 0.3) is 0 Å². The van der Waals surface area contributed by atoms with E-state index in [2.05, 4.69) is 21.2 Å². The summed E-state index contributed by atoms with van der Waals surface area (Å²) >= 11 is 3.09. The molecule has 1 rings (SSSR count). The Bertz CT molecular complexity index is 437. The fourth-order valence-electron chi connectivity index (χ4n) is 1.69. The van der Waals surface area contributed by atoms with E-state index in [0.717, 1.165) is 12.8 Å². The number of nitrogens with one attached hydrogen (secondary N) is 1. The van der Waals surface area contributed by atoms with Gasteiger partial charge in [-0.3, -0.25) is 4.79 Å². The Balaban J connectivity index is 2.67. The molecule has 0 saturated heterocycles. The van der Waals surface area contributed by atoms with Gasteiger partial charge in [0.15, 0.2) is 0 Å². The highest BCUT2D eigenvalue weighted by Gasteiger charge is 2.11. The van der Waals surface area contributed by atoms with Crippen LogP contribution in [0, 0.1) is 12.7 Å². The summed E-state index contributed by atoms with van der Waals surface area (Å²) in [6, 6.07) is 2.82. The second kappa shape index (κ2) is 6.85. The second-order valence-corrected chi connectivity index (χ2v) is 5.24. The monoisotopic (exact) mass is 316 g/mol. The summed E-state index contributed by atoms with van der Waals surface area (Å²) < 4.78 is 13.6. The molecule has 18 heavy (non-hydrogen) atoms. The molecule has 0 aliphatic carbocycles. The van der Waals surface area contributed by atoms with Crippen molar-refractivity contribution in [3.63, 3.8) is 0 Å². The number of carbonyl (C=O) groups excluding carboxylic acids is 1. The van der Waals surface area contributed by atoms with Crippen molar-refractivity contribution < 1.29 is 9.18 Å². The molecular formula is C13H18BrFN2O. The topological polar surface area (TPSA) is 55.1 Å². The molecule has 3 N–H and O–H groups in total. The van der Waals surface area contributed by atoms with Crippen molar-refractivity contribution in [2.24, 2.45) is 5.73 Å². The van der Waals surface area contributed by atoms with Gasteiger partial charge in [-0.2, -0.15) is 0 Å². The molecule has 0 aromatic heterocycles. The molecule has 1 aromatic carbocycles. The van der Waals surface area contributed by atoms with Crippen LogP contribution in [0.15, 0.2) is 16.6 Å². The summed E-state index contributed by atoms with van der Waals surface area (Å²) in [6.45, 7) is 3.77. The molecule has 0 radical (unpaired) electrons. The van der Waals surface area contributed by atoms with Gasteiger partial charge < -0.3 is 11.1 Å². The zero-order chi connectivity index (χ0) is 13.7. The summed E-state index contributed by atoms with van der Waals surface area (Å²) in [4.78, 5) is 11.7. The van der Waals surface area contributed by atoms with Gasteiger partial charge in [0.05, 0.1) is 4.47 Å². The average molecular weight is 317 g/mol. The standard InChI is InChI=1S/C13H18BrFN2O/c1-3-4-9(16)6-13(18)17-12-7-10(14)11(15)5-8(12)2/h5,7,9H,3-4,6,16H2,1-2H3,(H,17,18). The van der Waals surface area contributed by atoms with E-state index in [0.29, 0.717) is 15.7 Å². The number of benzene rings is 1. The molecule has 100 valence electrons. The fraction of sp³-hybridized carbons (Fsp3) is 0.462. The van der Waals surface area contributed by atoms with E-state index in [-0.39, 0.29) is 24.2 Å². The second-order valence-electron chi connectivity index (χ2n) is 4.38. The van der Waals surface area contributed by atoms with Crippen molar-refractivity contribution in [1.82, 2.24) is 0 Å². The highest BCUT2D eigenvalue weighted by Crippen LogP contribution is 2.24. The van der Waals surface area contributed by atoms with Gasteiger partial charge in [-0.15, -0.1) is 0 Å². The largest absolute Gasteiger partial charge is 0.327 e. The van der Waals surface area contributed by atoms with Crippen molar-refractivity contribution in [1.29, 1.82) is 0 Å². The molecule has 1 unspecified atom stereocenters. The van der Waals surface area contributed by atoms with Crippen LogP contribution in [0.3, 0.4) is 0 Å². The first-order valence-corrected chi connectivity index (χ1v) is 6.74. The zero-order valence-corrected chi connectivity index (χ0v) is 12.2. The Hall–Kier alpha value is -0.940. The number of rotatable bonds is 5. The Morgan fingerprint density at radius 2 is 2.22 bits per heavy atom. The van der Waals surface area contributed by atoms with E-state index >= 15 is 0 Å². The first-order chi connectivity index (χ1) is 8.43. The van der Waals surface area contributed by atoms with E-state index in [4.69, 9.17) is 5.73 Å². The van der Waals surface area contributed by atoms with Crippen LogP contribution in [0.1, 0.15) is 31.7 Å². The van der Waals surface area contributed by atoms with Crippen molar-refractivity contribution >= 4 is 27.5 Å². The summed E-state index contributed by atoms with van der Waals surface area (Å²) in [5.74, 6) is -0.481. The lowest BCUT2D eigenvalue weighted by Gasteiger charge is -2.12. The molecule has 1 aromatic rings. The van der Waals surface area contributed by atoms with Crippen LogP contribution in [-0.4, -0.2) is 11.9 Å². The molecule has 0 saturated carbocycles. The number of anilines is 1. The van der Waals surface area contributed by atoms with E-state index in [1.54, 1.807) is 13.0 Å². The van der Waals surface area contributed by atoms with Crippen LogP contribution < -0.4 is 11.1 Å². The molecule has 0 bridgehead atoms. The lowest BCUT2D eigenvalue weighted by atomic mass is 10.1. The van der Waals surface area contributed by atoms with Gasteiger partial charge in [0.25, 0.3) is 0 Å². The third-order valence-corrected chi connectivity index (χ3v) is 3.26. The highest BCUT2D eigenvalue weighted by atomic mass is 79.9. The van der Waals surface area contributed by atoms with Gasteiger partial charge in [-0.25, -0.2) is 4.39 Å². The molecule has 0 aliphatic rings. The number of hydrogen-bond donors (Lipinski definition) is 2. The lowest BCUT2D eigenvalue weighted by Crippen LogP contribution is -2.27. The Kier molecular flexibility index (Phi) is 5.75. The molecule has 1 amide bonds. The van der Waals surface area contributed by atoms with Crippen molar-refractivity contribution in [2.75, 3.05) is 5.32 Å². The Morgan fingerprint density at radius 3 is 2.83 bits per heavy atom. The molecule has 0 aliphatic heterocycles.